The lowest BCUT2D eigenvalue weighted by Crippen LogP contribution is -1.95. The lowest BCUT2D eigenvalue weighted by Gasteiger charge is -2.06. The SMILES string of the molecule is Cc1ccc(C=CC(=O)c2ccc(Nc3ccccc3)cc2)cc1. The van der Waals surface area contributed by atoms with Crippen molar-refractivity contribution in [3.63, 3.8) is 0 Å². The number of carbonyl (C=O) groups is 1. The van der Waals surface area contributed by atoms with Crippen LogP contribution in [0.15, 0.2) is 84.9 Å². The molecule has 0 radical (unpaired) electrons. The smallest absolute Gasteiger partial charge is 0.185 e. The number of benzene rings is 3. The van der Waals surface area contributed by atoms with Crippen LogP contribution in [0.25, 0.3) is 6.08 Å². The lowest BCUT2D eigenvalue weighted by molar-refractivity contribution is 0.104. The largest absolute Gasteiger partial charge is 0.356 e. The zero-order valence-electron chi connectivity index (χ0n) is 13.6. The molecule has 0 spiro atoms. The van der Waals surface area contributed by atoms with Gasteiger partial charge < -0.3 is 5.32 Å². The third-order valence-electron chi connectivity index (χ3n) is 3.74. The van der Waals surface area contributed by atoms with Crippen LogP contribution in [0.4, 0.5) is 11.4 Å². The van der Waals surface area contributed by atoms with Gasteiger partial charge in [0.05, 0.1) is 0 Å². The maximum absolute atomic E-state index is 12.2. The van der Waals surface area contributed by atoms with Crippen LogP contribution in [0, 0.1) is 6.92 Å². The van der Waals surface area contributed by atoms with E-state index >= 15 is 0 Å². The van der Waals surface area contributed by atoms with Gasteiger partial charge in [0.2, 0.25) is 0 Å². The summed E-state index contributed by atoms with van der Waals surface area (Å²) in [7, 11) is 0. The van der Waals surface area contributed by atoms with Gasteiger partial charge in [-0.05, 0) is 55.0 Å². The fourth-order valence-electron chi connectivity index (χ4n) is 2.35. The summed E-state index contributed by atoms with van der Waals surface area (Å²) in [6.07, 6.45) is 3.46. The molecule has 118 valence electrons. The van der Waals surface area contributed by atoms with Gasteiger partial charge in [0.1, 0.15) is 0 Å². The van der Waals surface area contributed by atoms with E-state index in [-0.39, 0.29) is 5.78 Å². The highest BCUT2D eigenvalue weighted by Crippen LogP contribution is 2.17. The fourth-order valence-corrected chi connectivity index (χ4v) is 2.35. The Morgan fingerprint density at radius 2 is 1.42 bits per heavy atom. The molecule has 0 saturated carbocycles. The zero-order valence-corrected chi connectivity index (χ0v) is 13.6. The van der Waals surface area contributed by atoms with Gasteiger partial charge in [-0.2, -0.15) is 0 Å². The van der Waals surface area contributed by atoms with Crippen LogP contribution in [0.1, 0.15) is 21.5 Å². The second-order valence-electron chi connectivity index (χ2n) is 5.68. The van der Waals surface area contributed by atoms with Crippen molar-refractivity contribution in [3.05, 3.63) is 102 Å². The Balaban J connectivity index is 1.66. The Morgan fingerprint density at radius 1 is 0.792 bits per heavy atom. The van der Waals surface area contributed by atoms with E-state index in [0.717, 1.165) is 16.9 Å². The van der Waals surface area contributed by atoms with Gasteiger partial charge in [0, 0.05) is 16.9 Å². The summed E-state index contributed by atoms with van der Waals surface area (Å²) >= 11 is 0. The van der Waals surface area contributed by atoms with Crippen LogP contribution < -0.4 is 5.32 Å². The Hall–Kier alpha value is -3.13. The van der Waals surface area contributed by atoms with E-state index in [9.17, 15) is 4.79 Å². The highest BCUT2D eigenvalue weighted by atomic mass is 16.1. The molecule has 0 aliphatic rings. The van der Waals surface area contributed by atoms with Gasteiger partial charge >= 0.3 is 0 Å². The van der Waals surface area contributed by atoms with Crippen LogP contribution in [0.2, 0.25) is 0 Å². The van der Waals surface area contributed by atoms with E-state index in [4.69, 9.17) is 0 Å². The number of hydrogen-bond donors (Lipinski definition) is 1. The molecule has 0 aliphatic carbocycles. The van der Waals surface area contributed by atoms with Crippen molar-refractivity contribution in [2.24, 2.45) is 0 Å². The van der Waals surface area contributed by atoms with Gasteiger partial charge in [0.25, 0.3) is 0 Å². The van der Waals surface area contributed by atoms with Crippen molar-refractivity contribution in [3.8, 4) is 0 Å². The summed E-state index contributed by atoms with van der Waals surface area (Å²) in [6.45, 7) is 2.05. The van der Waals surface area contributed by atoms with Crippen LogP contribution in [-0.2, 0) is 0 Å². The third kappa shape index (κ3) is 4.20. The number of rotatable bonds is 5. The predicted octanol–water partition coefficient (Wildman–Crippen LogP) is 5.63. The molecular formula is C22H19NO. The minimum absolute atomic E-state index is 0.00170. The van der Waals surface area contributed by atoms with E-state index < -0.39 is 0 Å². The number of ketones is 1. The summed E-state index contributed by atoms with van der Waals surface area (Å²) < 4.78 is 0. The Morgan fingerprint density at radius 3 is 2.08 bits per heavy atom. The first-order valence-electron chi connectivity index (χ1n) is 7.92. The number of para-hydroxylation sites is 1. The number of hydrogen-bond acceptors (Lipinski definition) is 2. The molecule has 0 aromatic heterocycles. The molecule has 3 aromatic rings. The highest BCUT2D eigenvalue weighted by molar-refractivity contribution is 6.07. The quantitative estimate of drug-likeness (QED) is 0.488. The molecule has 0 atom stereocenters. The molecule has 3 rings (SSSR count). The molecule has 0 amide bonds. The first-order chi connectivity index (χ1) is 11.7. The normalized spacial score (nSPS) is 10.7. The zero-order chi connectivity index (χ0) is 16.8. The van der Waals surface area contributed by atoms with E-state index in [1.165, 1.54) is 5.56 Å². The van der Waals surface area contributed by atoms with Gasteiger partial charge in [0.15, 0.2) is 5.78 Å². The summed E-state index contributed by atoms with van der Waals surface area (Å²) in [6, 6.07) is 25.5. The fraction of sp³-hybridized carbons (Fsp3) is 0.0455. The standard InChI is InChI=1S/C22H19NO/c1-17-7-9-18(10-8-17)11-16-22(24)19-12-14-21(15-13-19)23-20-5-3-2-4-6-20/h2-16,23H,1H3. The molecule has 0 aliphatic heterocycles. The molecule has 1 N–H and O–H groups in total. The van der Waals surface area contributed by atoms with Crippen LogP contribution in [0.3, 0.4) is 0 Å². The van der Waals surface area contributed by atoms with Crippen LogP contribution in [-0.4, -0.2) is 5.78 Å². The molecule has 24 heavy (non-hydrogen) atoms. The molecule has 3 aromatic carbocycles. The predicted molar refractivity (Wildman–Crippen MR) is 101 cm³/mol. The lowest BCUT2D eigenvalue weighted by atomic mass is 10.1. The van der Waals surface area contributed by atoms with Gasteiger partial charge in [-0.15, -0.1) is 0 Å². The van der Waals surface area contributed by atoms with Crippen LogP contribution in [0.5, 0.6) is 0 Å². The second kappa shape index (κ2) is 7.42. The van der Waals surface area contributed by atoms with E-state index in [1.54, 1.807) is 6.08 Å². The number of aryl methyl sites for hydroxylation is 1. The molecule has 2 nitrogen and oxygen atoms in total. The molecule has 2 heteroatoms. The molecule has 0 bridgehead atoms. The van der Waals surface area contributed by atoms with Crippen molar-refractivity contribution in [2.45, 2.75) is 6.92 Å². The third-order valence-corrected chi connectivity index (χ3v) is 3.74. The molecule has 0 heterocycles. The van der Waals surface area contributed by atoms with Gasteiger partial charge in [-0.1, -0.05) is 54.1 Å². The Bertz CT molecular complexity index is 831. The minimum Gasteiger partial charge on any atom is -0.356 e. The highest BCUT2D eigenvalue weighted by Gasteiger charge is 2.02. The topological polar surface area (TPSA) is 29.1 Å². The average Bonchev–Trinajstić information content (AvgIpc) is 2.62. The van der Waals surface area contributed by atoms with E-state index in [2.05, 4.69) is 5.32 Å². The van der Waals surface area contributed by atoms with E-state index in [1.807, 2.05) is 91.9 Å². The first-order valence-corrected chi connectivity index (χ1v) is 7.92. The maximum atomic E-state index is 12.2. The summed E-state index contributed by atoms with van der Waals surface area (Å²) in [4.78, 5) is 12.2. The molecular weight excluding hydrogens is 294 g/mol. The van der Waals surface area contributed by atoms with E-state index in [0.29, 0.717) is 5.56 Å². The molecule has 0 unspecified atom stereocenters. The number of anilines is 2. The van der Waals surface area contributed by atoms with Crippen molar-refractivity contribution in [1.29, 1.82) is 0 Å². The first kappa shape index (κ1) is 15.8. The number of allylic oxidation sites excluding steroid dienone is 1. The Labute approximate surface area is 142 Å². The second-order valence-corrected chi connectivity index (χ2v) is 5.68. The molecule has 0 saturated heterocycles. The van der Waals surface area contributed by atoms with Crippen molar-refractivity contribution in [1.82, 2.24) is 0 Å². The summed E-state index contributed by atoms with van der Waals surface area (Å²) in [5, 5.41) is 3.30. The van der Waals surface area contributed by atoms with Gasteiger partial charge in [-0.25, -0.2) is 0 Å². The minimum atomic E-state index is 0.00170. The summed E-state index contributed by atoms with van der Waals surface area (Å²) in [5.41, 5.74) is 4.89. The number of nitrogens with one attached hydrogen (secondary N) is 1. The average molecular weight is 313 g/mol. The van der Waals surface area contributed by atoms with Gasteiger partial charge in [-0.3, -0.25) is 4.79 Å². The molecule has 0 fully saturated rings. The van der Waals surface area contributed by atoms with Crippen molar-refractivity contribution in [2.75, 3.05) is 5.32 Å². The monoisotopic (exact) mass is 313 g/mol. The van der Waals surface area contributed by atoms with Crippen molar-refractivity contribution >= 4 is 23.2 Å². The maximum Gasteiger partial charge on any atom is 0.185 e. The summed E-state index contributed by atoms with van der Waals surface area (Å²) in [5.74, 6) is 0.00170. The van der Waals surface area contributed by atoms with Crippen molar-refractivity contribution < 1.29 is 4.79 Å². The Kier molecular flexibility index (Phi) is 4.87. The number of carbonyl (C=O) groups excluding carboxylic acids is 1. The van der Waals surface area contributed by atoms with Crippen LogP contribution >= 0.6 is 0 Å².